The van der Waals surface area contributed by atoms with Crippen LogP contribution >= 0.6 is 0 Å². The Labute approximate surface area is 131 Å². The molecule has 1 rings (SSSR count). The molecule has 124 valence electrons. The number of benzene rings is 1. The fraction of sp³-hybridized carbons (Fsp3) is 0.533. The number of nitrogens with zero attached hydrogens (tertiary/aromatic N) is 1. The van der Waals surface area contributed by atoms with Crippen LogP contribution in [0, 0.1) is 5.82 Å². The van der Waals surface area contributed by atoms with Crippen LogP contribution in [0.3, 0.4) is 0 Å². The van der Waals surface area contributed by atoms with Crippen LogP contribution in [0.15, 0.2) is 24.3 Å². The Kier molecular flexibility index (Phi) is 7.47. The van der Waals surface area contributed by atoms with Crippen LogP contribution in [0.5, 0.6) is 0 Å². The van der Waals surface area contributed by atoms with Crippen molar-refractivity contribution in [3.8, 4) is 0 Å². The maximum Gasteiger partial charge on any atom is 0.219 e. The topological polar surface area (TPSA) is 66.5 Å². The van der Waals surface area contributed by atoms with Crippen LogP contribution in [-0.4, -0.2) is 44.6 Å². The molecule has 0 saturated carbocycles. The number of rotatable bonds is 9. The third-order valence-corrected chi connectivity index (χ3v) is 4.82. The predicted molar refractivity (Wildman–Crippen MR) is 84.4 cm³/mol. The molecular weight excluding hydrogens is 307 g/mol. The summed E-state index contributed by atoms with van der Waals surface area (Å²) in [7, 11) is -3.27. The first kappa shape index (κ1) is 18.6. The van der Waals surface area contributed by atoms with Crippen molar-refractivity contribution in [1.29, 1.82) is 0 Å². The van der Waals surface area contributed by atoms with E-state index in [1.54, 1.807) is 25.1 Å². The molecule has 1 aromatic rings. The van der Waals surface area contributed by atoms with Gasteiger partial charge < -0.3 is 4.90 Å². The molecule has 0 aliphatic heterocycles. The van der Waals surface area contributed by atoms with Crippen LogP contribution in [-0.2, 0) is 21.2 Å². The molecule has 0 aliphatic rings. The Balaban J connectivity index is 2.50. The summed E-state index contributed by atoms with van der Waals surface area (Å²) in [6, 6.07) is 6.42. The molecule has 0 heterocycles. The first-order chi connectivity index (χ1) is 10.4. The first-order valence-electron chi connectivity index (χ1n) is 7.32. The molecule has 0 atom stereocenters. The van der Waals surface area contributed by atoms with Crippen LogP contribution in [0.2, 0.25) is 0 Å². The minimum absolute atomic E-state index is 0.0717. The molecule has 22 heavy (non-hydrogen) atoms. The van der Waals surface area contributed by atoms with Gasteiger partial charge in [-0.25, -0.2) is 17.5 Å². The van der Waals surface area contributed by atoms with Crippen LogP contribution in [0.4, 0.5) is 4.39 Å². The van der Waals surface area contributed by atoms with Crippen molar-refractivity contribution >= 4 is 15.9 Å². The minimum atomic E-state index is -3.27. The molecule has 0 radical (unpaired) electrons. The van der Waals surface area contributed by atoms with Gasteiger partial charge in [0, 0.05) is 26.6 Å². The van der Waals surface area contributed by atoms with Crippen molar-refractivity contribution in [2.24, 2.45) is 0 Å². The van der Waals surface area contributed by atoms with E-state index in [9.17, 15) is 17.6 Å². The van der Waals surface area contributed by atoms with E-state index in [1.165, 1.54) is 17.9 Å². The standard InChI is InChI=1S/C15H23FN2O3S/c1-3-12-22(20,21)17-9-11-18(13(2)19)10-8-14-6-4-5-7-15(14)16/h4-7,17H,3,8-12H2,1-2H3. The van der Waals surface area contributed by atoms with E-state index in [1.807, 2.05) is 0 Å². The second-order valence-electron chi connectivity index (χ2n) is 5.06. The van der Waals surface area contributed by atoms with Gasteiger partial charge in [-0.05, 0) is 24.5 Å². The van der Waals surface area contributed by atoms with Gasteiger partial charge in [0.2, 0.25) is 15.9 Å². The van der Waals surface area contributed by atoms with E-state index in [-0.39, 0.29) is 30.6 Å². The van der Waals surface area contributed by atoms with E-state index < -0.39 is 10.0 Å². The molecule has 0 spiro atoms. The maximum absolute atomic E-state index is 13.5. The molecular formula is C15H23FN2O3S. The minimum Gasteiger partial charge on any atom is -0.341 e. The second-order valence-corrected chi connectivity index (χ2v) is 6.99. The highest BCUT2D eigenvalue weighted by Crippen LogP contribution is 2.08. The molecule has 0 fully saturated rings. The van der Waals surface area contributed by atoms with Crippen LogP contribution < -0.4 is 4.72 Å². The summed E-state index contributed by atoms with van der Waals surface area (Å²) in [5.74, 6) is -0.386. The SMILES string of the molecule is CCCS(=O)(=O)NCCN(CCc1ccccc1F)C(C)=O. The van der Waals surface area contributed by atoms with Gasteiger partial charge in [-0.1, -0.05) is 25.1 Å². The van der Waals surface area contributed by atoms with Gasteiger partial charge >= 0.3 is 0 Å². The highest BCUT2D eigenvalue weighted by Gasteiger charge is 2.12. The van der Waals surface area contributed by atoms with E-state index in [0.29, 0.717) is 24.9 Å². The number of carbonyl (C=O) groups is 1. The predicted octanol–water partition coefficient (Wildman–Crippen LogP) is 1.55. The third-order valence-electron chi connectivity index (χ3n) is 3.23. The molecule has 0 aromatic heterocycles. The quantitative estimate of drug-likeness (QED) is 0.747. The molecule has 1 aromatic carbocycles. The Morgan fingerprint density at radius 3 is 2.55 bits per heavy atom. The molecule has 1 amide bonds. The Morgan fingerprint density at radius 1 is 1.27 bits per heavy atom. The number of hydrogen-bond acceptors (Lipinski definition) is 3. The van der Waals surface area contributed by atoms with Crippen LogP contribution in [0.25, 0.3) is 0 Å². The summed E-state index contributed by atoms with van der Waals surface area (Å²) in [5, 5.41) is 0. The van der Waals surface area contributed by atoms with Crippen molar-refractivity contribution < 1.29 is 17.6 Å². The lowest BCUT2D eigenvalue weighted by Crippen LogP contribution is -2.39. The van der Waals surface area contributed by atoms with Gasteiger partial charge in [-0.3, -0.25) is 4.79 Å². The molecule has 0 unspecified atom stereocenters. The van der Waals surface area contributed by atoms with Gasteiger partial charge in [0.15, 0.2) is 0 Å². The van der Waals surface area contributed by atoms with Gasteiger partial charge in [0.05, 0.1) is 5.75 Å². The highest BCUT2D eigenvalue weighted by atomic mass is 32.2. The zero-order valence-corrected chi connectivity index (χ0v) is 13.8. The Morgan fingerprint density at radius 2 is 1.95 bits per heavy atom. The smallest absolute Gasteiger partial charge is 0.219 e. The number of sulfonamides is 1. The largest absolute Gasteiger partial charge is 0.341 e. The molecule has 5 nitrogen and oxygen atoms in total. The van der Waals surface area contributed by atoms with Gasteiger partial charge in [0.1, 0.15) is 5.82 Å². The summed E-state index contributed by atoms with van der Waals surface area (Å²) in [5.41, 5.74) is 0.542. The van der Waals surface area contributed by atoms with Gasteiger partial charge in [0.25, 0.3) is 0 Å². The number of halogens is 1. The second kappa shape index (κ2) is 8.85. The Hall–Kier alpha value is -1.47. The molecule has 7 heteroatoms. The lowest BCUT2D eigenvalue weighted by Gasteiger charge is -2.21. The fourth-order valence-electron chi connectivity index (χ4n) is 2.06. The molecule has 1 N–H and O–H groups in total. The van der Waals surface area contributed by atoms with Crippen molar-refractivity contribution in [3.63, 3.8) is 0 Å². The number of carbonyl (C=O) groups excluding carboxylic acids is 1. The van der Waals surface area contributed by atoms with Crippen molar-refractivity contribution in [2.45, 2.75) is 26.7 Å². The lowest BCUT2D eigenvalue weighted by atomic mass is 10.1. The van der Waals surface area contributed by atoms with Crippen molar-refractivity contribution in [1.82, 2.24) is 9.62 Å². The zero-order valence-electron chi connectivity index (χ0n) is 13.0. The van der Waals surface area contributed by atoms with E-state index in [0.717, 1.165) is 0 Å². The zero-order chi connectivity index (χ0) is 16.6. The van der Waals surface area contributed by atoms with E-state index in [2.05, 4.69) is 4.72 Å². The summed E-state index contributed by atoms with van der Waals surface area (Å²) < 4.78 is 39.1. The van der Waals surface area contributed by atoms with E-state index >= 15 is 0 Å². The number of nitrogens with one attached hydrogen (secondary N) is 1. The summed E-state index contributed by atoms with van der Waals surface area (Å²) in [6.07, 6.45) is 0.938. The summed E-state index contributed by atoms with van der Waals surface area (Å²) >= 11 is 0. The summed E-state index contributed by atoms with van der Waals surface area (Å²) in [4.78, 5) is 13.1. The average molecular weight is 330 g/mol. The lowest BCUT2D eigenvalue weighted by molar-refractivity contribution is -0.128. The van der Waals surface area contributed by atoms with Crippen molar-refractivity contribution in [2.75, 3.05) is 25.4 Å². The van der Waals surface area contributed by atoms with Gasteiger partial charge in [-0.15, -0.1) is 0 Å². The number of amides is 1. The average Bonchev–Trinajstić information content (AvgIpc) is 2.43. The van der Waals surface area contributed by atoms with E-state index in [4.69, 9.17) is 0 Å². The van der Waals surface area contributed by atoms with Crippen molar-refractivity contribution in [3.05, 3.63) is 35.6 Å². The normalized spacial score (nSPS) is 11.4. The monoisotopic (exact) mass is 330 g/mol. The molecule has 0 saturated heterocycles. The maximum atomic E-state index is 13.5. The number of hydrogen-bond donors (Lipinski definition) is 1. The highest BCUT2D eigenvalue weighted by molar-refractivity contribution is 7.89. The Bertz CT molecular complexity index is 590. The van der Waals surface area contributed by atoms with Gasteiger partial charge in [-0.2, -0.15) is 0 Å². The fourth-order valence-corrected chi connectivity index (χ4v) is 3.14. The molecule has 0 bridgehead atoms. The third kappa shape index (κ3) is 6.53. The summed E-state index contributed by atoms with van der Waals surface area (Å²) in [6.45, 7) is 4.00. The van der Waals surface area contributed by atoms with Crippen LogP contribution in [0.1, 0.15) is 25.8 Å². The first-order valence-corrected chi connectivity index (χ1v) is 8.97. The molecule has 0 aliphatic carbocycles.